The van der Waals surface area contributed by atoms with E-state index in [9.17, 15) is 13.6 Å². The minimum atomic E-state index is -0.896. The Kier molecular flexibility index (Phi) is 3.36. The van der Waals surface area contributed by atoms with Gasteiger partial charge < -0.3 is 10.1 Å². The topological polar surface area (TPSA) is 38.3 Å². The molecule has 20 heavy (non-hydrogen) atoms. The number of rotatable bonds is 3. The third kappa shape index (κ3) is 2.25. The Balaban J connectivity index is 1.84. The molecule has 0 aromatic heterocycles. The molecule has 0 amide bonds. The maximum atomic E-state index is 13.8. The normalized spacial score (nSPS) is 27.6. The largest absolute Gasteiger partial charge is 0.465 e. The monoisotopic (exact) mass is 281 g/mol. The number of nitrogens with one attached hydrogen (secondary N) is 1. The Morgan fingerprint density at radius 3 is 2.65 bits per heavy atom. The van der Waals surface area contributed by atoms with Crippen LogP contribution in [0.1, 0.15) is 36.0 Å². The molecule has 2 aliphatic carbocycles. The molecule has 3 unspecified atom stereocenters. The molecule has 2 bridgehead atoms. The second-order valence-electron chi connectivity index (χ2n) is 5.73. The van der Waals surface area contributed by atoms with Gasteiger partial charge in [0.1, 0.15) is 11.6 Å². The van der Waals surface area contributed by atoms with Gasteiger partial charge in [-0.25, -0.2) is 13.6 Å². The Morgan fingerprint density at radius 1 is 1.25 bits per heavy atom. The second kappa shape index (κ2) is 5.04. The smallest absolute Gasteiger partial charge is 0.340 e. The van der Waals surface area contributed by atoms with E-state index in [1.807, 2.05) is 0 Å². The molecular weight excluding hydrogens is 264 g/mol. The first-order valence-corrected chi connectivity index (χ1v) is 6.92. The number of halogens is 2. The van der Waals surface area contributed by atoms with E-state index in [1.54, 1.807) is 0 Å². The molecule has 2 fully saturated rings. The van der Waals surface area contributed by atoms with Crippen LogP contribution in [0.5, 0.6) is 0 Å². The fourth-order valence-corrected chi connectivity index (χ4v) is 3.55. The molecular formula is C15H17F2NO2. The third-order valence-corrected chi connectivity index (χ3v) is 4.54. The fourth-order valence-electron chi connectivity index (χ4n) is 3.55. The van der Waals surface area contributed by atoms with E-state index >= 15 is 0 Å². The van der Waals surface area contributed by atoms with Gasteiger partial charge in [-0.3, -0.25) is 0 Å². The zero-order chi connectivity index (χ0) is 14.3. The quantitative estimate of drug-likeness (QED) is 0.863. The Hall–Kier alpha value is -1.65. The highest BCUT2D eigenvalue weighted by Crippen LogP contribution is 2.45. The lowest BCUT2D eigenvalue weighted by Crippen LogP contribution is -2.26. The zero-order valence-electron chi connectivity index (χ0n) is 11.3. The zero-order valence-corrected chi connectivity index (χ0v) is 11.3. The van der Waals surface area contributed by atoms with Crippen molar-refractivity contribution in [2.45, 2.75) is 31.7 Å². The van der Waals surface area contributed by atoms with Gasteiger partial charge in [-0.15, -0.1) is 0 Å². The molecule has 3 nitrogen and oxygen atoms in total. The molecule has 2 aliphatic rings. The molecule has 3 atom stereocenters. The first kappa shape index (κ1) is 13.3. The van der Waals surface area contributed by atoms with Gasteiger partial charge in [-0.05, 0) is 37.2 Å². The van der Waals surface area contributed by atoms with Gasteiger partial charge >= 0.3 is 5.97 Å². The molecule has 0 aliphatic heterocycles. The number of hydrogen-bond donors (Lipinski definition) is 1. The molecule has 5 heteroatoms. The molecule has 1 N–H and O–H groups in total. The summed E-state index contributed by atoms with van der Waals surface area (Å²) in [6.07, 6.45) is 4.62. The van der Waals surface area contributed by atoms with E-state index < -0.39 is 17.6 Å². The molecule has 1 aromatic rings. The molecule has 1 aromatic carbocycles. The fraction of sp³-hybridized carbons (Fsp3) is 0.533. The third-order valence-electron chi connectivity index (χ3n) is 4.54. The highest BCUT2D eigenvalue weighted by atomic mass is 19.1. The summed E-state index contributed by atoms with van der Waals surface area (Å²) >= 11 is 0. The highest BCUT2D eigenvalue weighted by Gasteiger charge is 2.39. The van der Waals surface area contributed by atoms with E-state index in [4.69, 9.17) is 0 Å². The summed E-state index contributed by atoms with van der Waals surface area (Å²) in [6.45, 7) is 0. The summed E-state index contributed by atoms with van der Waals surface area (Å²) in [5.74, 6) is -1.07. The molecule has 2 saturated carbocycles. The maximum Gasteiger partial charge on any atom is 0.340 e. The number of carbonyl (C=O) groups is 1. The minimum absolute atomic E-state index is 0.185. The molecule has 0 saturated heterocycles. The van der Waals surface area contributed by atoms with Crippen molar-refractivity contribution < 1.29 is 18.3 Å². The van der Waals surface area contributed by atoms with E-state index in [0.29, 0.717) is 5.92 Å². The number of carbonyl (C=O) groups excluding carboxylic acids is 1. The predicted octanol–water partition coefficient (Wildman–Crippen LogP) is 3.35. The summed E-state index contributed by atoms with van der Waals surface area (Å²) in [5, 5.41) is 3.14. The number of benzene rings is 1. The van der Waals surface area contributed by atoms with E-state index in [1.165, 1.54) is 26.0 Å². The van der Waals surface area contributed by atoms with E-state index in [-0.39, 0.29) is 17.3 Å². The van der Waals surface area contributed by atoms with Crippen LogP contribution in [0.2, 0.25) is 0 Å². The van der Waals surface area contributed by atoms with Crippen molar-refractivity contribution in [3.8, 4) is 0 Å². The van der Waals surface area contributed by atoms with Crippen LogP contribution in [0.25, 0.3) is 0 Å². The minimum Gasteiger partial charge on any atom is -0.465 e. The van der Waals surface area contributed by atoms with Crippen molar-refractivity contribution >= 4 is 11.7 Å². The summed E-state index contributed by atoms with van der Waals surface area (Å²) in [7, 11) is 1.17. The molecule has 0 spiro atoms. The maximum absolute atomic E-state index is 13.8. The molecule has 3 rings (SSSR count). The lowest BCUT2D eigenvalue weighted by atomic mass is 9.95. The van der Waals surface area contributed by atoms with Crippen LogP contribution in [0, 0.1) is 23.5 Å². The lowest BCUT2D eigenvalue weighted by molar-refractivity contribution is 0.0595. The van der Waals surface area contributed by atoms with Crippen molar-refractivity contribution in [2.24, 2.45) is 11.8 Å². The van der Waals surface area contributed by atoms with Crippen molar-refractivity contribution in [2.75, 3.05) is 12.4 Å². The average molecular weight is 281 g/mol. The first-order valence-electron chi connectivity index (χ1n) is 6.92. The average Bonchev–Trinajstić information content (AvgIpc) is 3.03. The van der Waals surface area contributed by atoms with Crippen LogP contribution in [0.4, 0.5) is 14.5 Å². The predicted molar refractivity (Wildman–Crippen MR) is 70.6 cm³/mol. The van der Waals surface area contributed by atoms with Crippen molar-refractivity contribution in [1.29, 1.82) is 0 Å². The summed E-state index contributed by atoms with van der Waals surface area (Å²) in [4.78, 5) is 11.5. The Morgan fingerprint density at radius 2 is 2.05 bits per heavy atom. The van der Waals surface area contributed by atoms with Gasteiger partial charge in [0.2, 0.25) is 0 Å². The number of esters is 1. The van der Waals surface area contributed by atoms with Gasteiger partial charge in [-0.2, -0.15) is 0 Å². The van der Waals surface area contributed by atoms with Gasteiger partial charge in [0.05, 0.1) is 18.4 Å². The summed E-state index contributed by atoms with van der Waals surface area (Å²) in [5.41, 5.74) is -0.0519. The van der Waals surface area contributed by atoms with Crippen LogP contribution in [0.15, 0.2) is 12.1 Å². The van der Waals surface area contributed by atoms with Gasteiger partial charge in [0, 0.05) is 12.1 Å². The van der Waals surface area contributed by atoms with Crippen LogP contribution in [-0.4, -0.2) is 19.1 Å². The number of fused-ring (bicyclic) bond motifs is 2. The molecule has 108 valence electrons. The second-order valence-corrected chi connectivity index (χ2v) is 5.73. The number of methoxy groups -OCH3 is 1. The van der Waals surface area contributed by atoms with Crippen molar-refractivity contribution in [3.63, 3.8) is 0 Å². The number of hydrogen-bond acceptors (Lipinski definition) is 3. The number of ether oxygens (including phenoxy) is 1. The standard InChI is InChI=1S/C15H17F2NO2/c1-20-15(19)10-6-14(12(17)7-11(10)16)18-13-5-8-2-3-9(13)4-8/h6-9,13,18H,2-5H2,1H3. The van der Waals surface area contributed by atoms with Crippen LogP contribution in [-0.2, 0) is 4.74 Å². The van der Waals surface area contributed by atoms with Crippen molar-refractivity contribution in [1.82, 2.24) is 0 Å². The van der Waals surface area contributed by atoms with E-state index in [0.717, 1.165) is 24.8 Å². The van der Waals surface area contributed by atoms with Crippen LogP contribution < -0.4 is 5.32 Å². The highest BCUT2D eigenvalue weighted by molar-refractivity contribution is 5.90. The Bertz CT molecular complexity index is 547. The van der Waals surface area contributed by atoms with Crippen LogP contribution >= 0.6 is 0 Å². The van der Waals surface area contributed by atoms with Gasteiger partial charge in [0.15, 0.2) is 0 Å². The lowest BCUT2D eigenvalue weighted by Gasteiger charge is -2.24. The van der Waals surface area contributed by atoms with Gasteiger partial charge in [-0.1, -0.05) is 6.42 Å². The summed E-state index contributed by atoms with van der Waals surface area (Å²) < 4.78 is 31.9. The van der Waals surface area contributed by atoms with Gasteiger partial charge in [0.25, 0.3) is 0 Å². The number of anilines is 1. The first-order chi connectivity index (χ1) is 9.58. The molecule has 0 heterocycles. The van der Waals surface area contributed by atoms with Crippen molar-refractivity contribution in [3.05, 3.63) is 29.3 Å². The Labute approximate surface area is 116 Å². The summed E-state index contributed by atoms with van der Waals surface area (Å²) in [6, 6.07) is 2.17. The van der Waals surface area contributed by atoms with Crippen LogP contribution in [0.3, 0.4) is 0 Å². The SMILES string of the molecule is COC(=O)c1cc(NC2CC3CCC2C3)c(F)cc1F. The molecule has 0 radical (unpaired) electrons. The van der Waals surface area contributed by atoms with E-state index in [2.05, 4.69) is 10.1 Å².